The van der Waals surface area contributed by atoms with Gasteiger partial charge in [0.25, 0.3) is 5.91 Å². The molecule has 2 aromatic carbocycles. The Morgan fingerprint density at radius 1 is 1.23 bits per heavy atom. The lowest BCUT2D eigenvalue weighted by Crippen LogP contribution is -2.27. The van der Waals surface area contributed by atoms with Crippen LogP contribution in [0.4, 0.5) is 11.5 Å². The van der Waals surface area contributed by atoms with Crippen molar-refractivity contribution in [3.05, 3.63) is 82.3 Å². The van der Waals surface area contributed by atoms with Gasteiger partial charge < -0.3 is 15.4 Å². The molecule has 31 heavy (non-hydrogen) atoms. The summed E-state index contributed by atoms with van der Waals surface area (Å²) in [5, 5.41) is 24.5. The molecule has 0 spiro atoms. The number of nitrogens with zero attached hydrogens (tertiary/aromatic N) is 5. The first-order chi connectivity index (χ1) is 15.0. The normalized spacial score (nSPS) is 12.1. The molecule has 0 saturated heterocycles. The quantitative estimate of drug-likeness (QED) is 0.359. The Morgan fingerprint density at radius 2 is 2.00 bits per heavy atom. The predicted molar refractivity (Wildman–Crippen MR) is 117 cm³/mol. The fourth-order valence-corrected chi connectivity index (χ4v) is 3.69. The third kappa shape index (κ3) is 4.16. The van der Waals surface area contributed by atoms with E-state index in [1.165, 1.54) is 10.7 Å². The minimum Gasteiger partial charge on any atom is -0.358 e. The van der Waals surface area contributed by atoms with Crippen LogP contribution in [0.1, 0.15) is 30.6 Å². The Balaban J connectivity index is 1.50. The minimum atomic E-state index is -0.657. The maximum Gasteiger partial charge on any atom is 0.390 e. The molecule has 4 rings (SSSR count). The van der Waals surface area contributed by atoms with Gasteiger partial charge in [0.2, 0.25) is 0 Å². The molecule has 0 radical (unpaired) electrons. The number of carbonyl (C=O) groups excluding carboxylic acids is 1. The zero-order valence-electron chi connectivity index (χ0n) is 17.2. The number of aromatic nitrogens is 4. The molecule has 1 unspecified atom stereocenters. The van der Waals surface area contributed by atoms with Crippen LogP contribution in [0.5, 0.6) is 0 Å². The van der Waals surface area contributed by atoms with E-state index in [-0.39, 0.29) is 11.7 Å². The summed E-state index contributed by atoms with van der Waals surface area (Å²) in [4.78, 5) is 23.3. The predicted octanol–water partition coefficient (Wildman–Crippen LogP) is 4.09. The summed E-state index contributed by atoms with van der Waals surface area (Å²) in [5.41, 5.74) is 2.24. The van der Waals surface area contributed by atoms with Gasteiger partial charge in [0.1, 0.15) is 0 Å². The fraction of sp³-hybridized carbons (Fsp3) is 0.227. The van der Waals surface area contributed by atoms with Gasteiger partial charge in [-0.3, -0.25) is 9.48 Å². The number of nitro groups is 1. The van der Waals surface area contributed by atoms with Crippen molar-refractivity contribution in [2.45, 2.75) is 32.9 Å². The highest BCUT2D eigenvalue weighted by Gasteiger charge is 2.27. The van der Waals surface area contributed by atoms with Gasteiger partial charge in [-0.05, 0) is 34.6 Å². The fourth-order valence-electron chi connectivity index (χ4n) is 3.69. The second-order valence-electron chi connectivity index (χ2n) is 7.32. The van der Waals surface area contributed by atoms with Crippen LogP contribution in [0.25, 0.3) is 10.8 Å². The number of fused-ring (bicyclic) bond motifs is 1. The van der Waals surface area contributed by atoms with E-state index in [1.807, 2.05) is 25.1 Å². The van der Waals surface area contributed by atoms with Crippen LogP contribution in [-0.2, 0) is 11.3 Å². The summed E-state index contributed by atoms with van der Waals surface area (Å²) >= 11 is 0. The van der Waals surface area contributed by atoms with E-state index in [0.717, 1.165) is 16.3 Å². The number of benzene rings is 2. The minimum absolute atomic E-state index is 0.272. The highest BCUT2D eigenvalue weighted by Crippen LogP contribution is 2.22. The monoisotopic (exact) mass is 418 g/mol. The summed E-state index contributed by atoms with van der Waals surface area (Å²) in [7, 11) is 0. The van der Waals surface area contributed by atoms with Gasteiger partial charge in [0.05, 0.1) is 35.3 Å². The van der Waals surface area contributed by atoms with E-state index in [2.05, 4.69) is 39.8 Å². The van der Waals surface area contributed by atoms with Crippen LogP contribution in [0, 0.1) is 17.0 Å². The van der Waals surface area contributed by atoms with Crippen LogP contribution < -0.4 is 5.32 Å². The Hall–Kier alpha value is -4.01. The molecule has 0 aliphatic rings. The van der Waals surface area contributed by atoms with Crippen LogP contribution in [0.2, 0.25) is 0 Å². The van der Waals surface area contributed by atoms with Crippen molar-refractivity contribution < 1.29 is 9.72 Å². The first-order valence-electron chi connectivity index (χ1n) is 9.96. The molecule has 158 valence electrons. The molecular formula is C22H22N6O3. The third-order valence-corrected chi connectivity index (χ3v) is 5.19. The number of nitrogens with one attached hydrogen (secondary N) is 1. The summed E-state index contributed by atoms with van der Waals surface area (Å²) in [6.45, 7) is 4.10. The van der Waals surface area contributed by atoms with Crippen LogP contribution >= 0.6 is 0 Å². The molecule has 2 heterocycles. The van der Waals surface area contributed by atoms with Gasteiger partial charge >= 0.3 is 5.82 Å². The van der Waals surface area contributed by atoms with E-state index in [1.54, 1.807) is 24.0 Å². The molecule has 1 amide bonds. The first-order valence-corrected chi connectivity index (χ1v) is 9.96. The summed E-state index contributed by atoms with van der Waals surface area (Å²) in [6.07, 6.45) is 3.80. The van der Waals surface area contributed by atoms with Gasteiger partial charge in [0.15, 0.2) is 6.04 Å². The van der Waals surface area contributed by atoms with Crippen molar-refractivity contribution in [1.82, 2.24) is 19.6 Å². The van der Waals surface area contributed by atoms with E-state index >= 15 is 0 Å². The lowest BCUT2D eigenvalue weighted by Gasteiger charge is -2.13. The highest BCUT2D eigenvalue weighted by molar-refractivity contribution is 5.93. The molecule has 0 aliphatic carbocycles. The Labute approximate surface area is 178 Å². The number of anilines is 1. The SMILES string of the molecule is CCC(C(=O)Nc1cnn(Cc2cccc3ccccc23)c1)n1nc([N+](=O)[O-])cc1C. The van der Waals surface area contributed by atoms with Crippen molar-refractivity contribution in [1.29, 1.82) is 0 Å². The largest absolute Gasteiger partial charge is 0.390 e. The van der Waals surface area contributed by atoms with E-state index in [4.69, 9.17) is 0 Å². The average molecular weight is 418 g/mol. The molecular weight excluding hydrogens is 396 g/mol. The lowest BCUT2D eigenvalue weighted by molar-refractivity contribution is -0.389. The van der Waals surface area contributed by atoms with Crippen molar-refractivity contribution >= 4 is 28.2 Å². The third-order valence-electron chi connectivity index (χ3n) is 5.19. The van der Waals surface area contributed by atoms with Crippen LogP contribution in [0.3, 0.4) is 0 Å². The van der Waals surface area contributed by atoms with E-state index in [9.17, 15) is 14.9 Å². The van der Waals surface area contributed by atoms with Gasteiger partial charge in [-0.1, -0.05) is 49.4 Å². The zero-order chi connectivity index (χ0) is 22.0. The van der Waals surface area contributed by atoms with Gasteiger partial charge in [-0.2, -0.15) is 9.78 Å². The molecule has 4 aromatic rings. The number of rotatable bonds is 7. The maximum atomic E-state index is 12.8. The average Bonchev–Trinajstić information content (AvgIpc) is 3.35. The van der Waals surface area contributed by atoms with Gasteiger partial charge in [-0.25, -0.2) is 0 Å². The first kappa shape index (κ1) is 20.3. The number of aryl methyl sites for hydroxylation is 1. The molecule has 2 aromatic heterocycles. The molecule has 1 atom stereocenters. The Kier molecular flexibility index (Phi) is 5.48. The van der Waals surface area contributed by atoms with E-state index < -0.39 is 11.0 Å². The molecule has 0 saturated carbocycles. The number of carbonyl (C=O) groups is 1. The lowest BCUT2D eigenvalue weighted by atomic mass is 10.0. The highest BCUT2D eigenvalue weighted by atomic mass is 16.6. The van der Waals surface area contributed by atoms with Crippen molar-refractivity contribution in [3.8, 4) is 0 Å². The Bertz CT molecular complexity index is 1250. The van der Waals surface area contributed by atoms with Crippen LogP contribution in [0.15, 0.2) is 60.9 Å². The van der Waals surface area contributed by atoms with Crippen molar-refractivity contribution in [3.63, 3.8) is 0 Å². The number of hydrogen-bond acceptors (Lipinski definition) is 5. The second kappa shape index (κ2) is 8.39. The van der Waals surface area contributed by atoms with Crippen molar-refractivity contribution in [2.75, 3.05) is 5.32 Å². The van der Waals surface area contributed by atoms with Gasteiger partial charge in [0, 0.05) is 6.20 Å². The summed E-state index contributed by atoms with van der Waals surface area (Å²) < 4.78 is 3.16. The molecule has 9 nitrogen and oxygen atoms in total. The molecule has 9 heteroatoms. The Morgan fingerprint density at radius 3 is 2.74 bits per heavy atom. The second-order valence-corrected chi connectivity index (χ2v) is 7.32. The topological polar surface area (TPSA) is 108 Å². The van der Waals surface area contributed by atoms with E-state index in [0.29, 0.717) is 24.3 Å². The van der Waals surface area contributed by atoms with Gasteiger partial charge in [-0.15, -0.1) is 0 Å². The smallest absolute Gasteiger partial charge is 0.358 e. The van der Waals surface area contributed by atoms with Crippen LogP contribution in [-0.4, -0.2) is 30.4 Å². The molecule has 0 aliphatic heterocycles. The summed E-state index contributed by atoms with van der Waals surface area (Å²) in [5.74, 6) is -0.569. The molecule has 0 bridgehead atoms. The molecule has 0 fully saturated rings. The zero-order valence-corrected chi connectivity index (χ0v) is 17.2. The van der Waals surface area contributed by atoms with Crippen molar-refractivity contribution in [2.24, 2.45) is 0 Å². The summed E-state index contributed by atoms with van der Waals surface area (Å²) in [6, 6.07) is 15.0. The number of amides is 1. The molecule has 1 N–H and O–H groups in total. The standard InChI is InChI=1S/C22H22N6O3/c1-3-20(27-15(2)11-21(25-27)28(30)31)22(29)24-18-12-23-26(14-18)13-17-9-6-8-16-7-4-5-10-19(16)17/h4-12,14,20H,3,13H2,1-2H3,(H,24,29). The maximum absolute atomic E-state index is 12.8. The number of hydrogen-bond donors (Lipinski definition) is 1.